The van der Waals surface area contributed by atoms with Gasteiger partial charge in [-0.3, -0.25) is 4.79 Å². The smallest absolute Gasteiger partial charge is 0.277 e. The number of aryl methyl sites for hydroxylation is 1. The molecule has 0 saturated heterocycles. The number of carbonyl (C=O) groups is 1. The summed E-state index contributed by atoms with van der Waals surface area (Å²) in [6.07, 6.45) is 3.65. The van der Waals surface area contributed by atoms with Crippen LogP contribution in [0.2, 0.25) is 0 Å². The number of rotatable bonds is 7. The Labute approximate surface area is 165 Å². The molecule has 0 atom stereocenters. The highest BCUT2D eigenvalue weighted by molar-refractivity contribution is 5.83. The third kappa shape index (κ3) is 5.10. The first-order valence-electron chi connectivity index (χ1n) is 9.31. The van der Waals surface area contributed by atoms with Crippen LogP contribution in [0, 0.1) is 6.92 Å². The quantitative estimate of drug-likeness (QED) is 0.486. The Hall–Kier alpha value is -3.34. The number of hydrazone groups is 1. The van der Waals surface area contributed by atoms with Crippen molar-refractivity contribution in [3.63, 3.8) is 0 Å². The molecular weight excluding hydrogens is 350 g/mol. The lowest BCUT2D eigenvalue weighted by Crippen LogP contribution is -2.24. The first-order valence-corrected chi connectivity index (χ1v) is 9.31. The minimum absolute atomic E-state index is 0.0892. The fourth-order valence-corrected chi connectivity index (χ4v) is 2.98. The molecule has 1 N–H and O–H groups in total. The summed E-state index contributed by atoms with van der Waals surface area (Å²) in [5.74, 6) is 0.340. The summed E-state index contributed by atoms with van der Waals surface area (Å²) < 4.78 is 7.68. The zero-order chi connectivity index (χ0) is 19.9. The van der Waals surface area contributed by atoms with Gasteiger partial charge in [0, 0.05) is 23.5 Å². The molecule has 0 aliphatic heterocycles. The van der Waals surface area contributed by atoms with Gasteiger partial charge in [-0.2, -0.15) is 5.10 Å². The molecule has 2 aromatic carbocycles. The van der Waals surface area contributed by atoms with Crippen LogP contribution < -0.4 is 10.2 Å². The Morgan fingerprint density at radius 1 is 1.11 bits per heavy atom. The summed E-state index contributed by atoms with van der Waals surface area (Å²) >= 11 is 0. The number of benzene rings is 2. The minimum Gasteiger partial charge on any atom is -0.484 e. The number of nitrogens with zero attached hydrogens (tertiary/aromatic N) is 2. The molecule has 3 rings (SSSR count). The Morgan fingerprint density at radius 3 is 2.43 bits per heavy atom. The lowest BCUT2D eigenvalue weighted by Gasteiger charge is -2.08. The van der Waals surface area contributed by atoms with Crippen molar-refractivity contribution in [2.24, 2.45) is 5.10 Å². The molecule has 28 heavy (non-hydrogen) atoms. The summed E-state index contributed by atoms with van der Waals surface area (Å²) in [5.41, 5.74) is 6.84. The second-order valence-electron chi connectivity index (χ2n) is 6.89. The molecule has 0 radical (unpaired) electrons. The van der Waals surface area contributed by atoms with Crippen LogP contribution in [0.5, 0.6) is 5.75 Å². The van der Waals surface area contributed by atoms with Gasteiger partial charge < -0.3 is 9.30 Å². The van der Waals surface area contributed by atoms with Crippen LogP contribution in [0.3, 0.4) is 0 Å². The van der Waals surface area contributed by atoms with Gasteiger partial charge in [-0.15, -0.1) is 0 Å². The molecule has 3 aromatic rings. The molecule has 0 aliphatic carbocycles. The van der Waals surface area contributed by atoms with Crippen LogP contribution >= 0.6 is 0 Å². The summed E-state index contributed by atoms with van der Waals surface area (Å²) in [7, 11) is 0. The topological polar surface area (TPSA) is 55.6 Å². The van der Waals surface area contributed by atoms with Crippen LogP contribution in [-0.2, 0) is 4.79 Å². The monoisotopic (exact) mass is 375 g/mol. The Morgan fingerprint density at radius 2 is 1.79 bits per heavy atom. The van der Waals surface area contributed by atoms with Gasteiger partial charge in [0.05, 0.1) is 6.21 Å². The van der Waals surface area contributed by atoms with Gasteiger partial charge in [-0.1, -0.05) is 42.5 Å². The van der Waals surface area contributed by atoms with E-state index in [9.17, 15) is 4.79 Å². The maximum absolute atomic E-state index is 11.9. The van der Waals surface area contributed by atoms with E-state index in [-0.39, 0.29) is 12.5 Å². The van der Waals surface area contributed by atoms with Crippen molar-refractivity contribution in [2.45, 2.75) is 26.8 Å². The molecule has 0 aliphatic rings. The summed E-state index contributed by atoms with van der Waals surface area (Å²) in [6.45, 7) is 6.21. The minimum atomic E-state index is -0.302. The third-order valence-electron chi connectivity index (χ3n) is 4.36. The molecule has 144 valence electrons. The molecule has 1 amide bonds. The SMILES string of the molecule is Cc1cc(/C=N/NC(=O)COc2ccc(-c3ccccc3)cc2)cn1C(C)C. The number of hydrogen-bond acceptors (Lipinski definition) is 3. The number of carbonyl (C=O) groups excluding carboxylic acids is 1. The number of nitrogens with one attached hydrogen (secondary N) is 1. The van der Waals surface area contributed by atoms with Crippen molar-refractivity contribution in [3.8, 4) is 16.9 Å². The molecule has 1 heterocycles. The zero-order valence-electron chi connectivity index (χ0n) is 16.4. The Kier molecular flexibility index (Phi) is 6.27. The Bertz CT molecular complexity index is 942. The van der Waals surface area contributed by atoms with Crippen LogP contribution in [-0.4, -0.2) is 23.3 Å². The first-order chi connectivity index (χ1) is 13.5. The molecule has 1 aromatic heterocycles. The molecule has 5 nitrogen and oxygen atoms in total. The van der Waals surface area contributed by atoms with Crippen LogP contribution in [0.4, 0.5) is 0 Å². The summed E-state index contributed by atoms with van der Waals surface area (Å²) in [6, 6.07) is 20.2. The van der Waals surface area contributed by atoms with Gasteiger partial charge in [0.25, 0.3) is 5.91 Å². The van der Waals surface area contributed by atoms with Gasteiger partial charge >= 0.3 is 0 Å². The van der Waals surface area contributed by atoms with Gasteiger partial charge in [-0.05, 0) is 50.1 Å². The average Bonchev–Trinajstić information content (AvgIpc) is 3.08. The second-order valence-corrected chi connectivity index (χ2v) is 6.89. The first kappa shape index (κ1) is 19.4. The van der Waals surface area contributed by atoms with Crippen molar-refractivity contribution in [3.05, 3.63) is 78.1 Å². The molecule has 0 spiro atoms. The molecule has 0 saturated carbocycles. The van der Waals surface area contributed by atoms with Gasteiger partial charge in [0.15, 0.2) is 6.61 Å². The third-order valence-corrected chi connectivity index (χ3v) is 4.36. The lowest BCUT2D eigenvalue weighted by molar-refractivity contribution is -0.123. The molecule has 0 bridgehead atoms. The van der Waals surface area contributed by atoms with Crippen molar-refractivity contribution < 1.29 is 9.53 Å². The van der Waals surface area contributed by atoms with Crippen molar-refractivity contribution in [2.75, 3.05) is 6.61 Å². The van der Waals surface area contributed by atoms with Crippen LogP contribution in [0.1, 0.15) is 31.1 Å². The fraction of sp³-hybridized carbons (Fsp3) is 0.217. The largest absolute Gasteiger partial charge is 0.484 e. The van der Waals surface area contributed by atoms with Crippen molar-refractivity contribution >= 4 is 12.1 Å². The molecular formula is C23H25N3O2. The van der Waals surface area contributed by atoms with E-state index in [1.807, 2.05) is 61.7 Å². The van der Waals surface area contributed by atoms with E-state index in [2.05, 4.69) is 41.1 Å². The molecule has 5 heteroatoms. The van der Waals surface area contributed by atoms with E-state index in [1.54, 1.807) is 6.21 Å². The summed E-state index contributed by atoms with van der Waals surface area (Å²) in [5, 5.41) is 4.00. The van der Waals surface area contributed by atoms with Gasteiger partial charge in [-0.25, -0.2) is 5.43 Å². The van der Waals surface area contributed by atoms with Crippen LogP contribution in [0.25, 0.3) is 11.1 Å². The molecule has 0 unspecified atom stereocenters. The lowest BCUT2D eigenvalue weighted by atomic mass is 10.1. The molecule has 0 fully saturated rings. The highest BCUT2D eigenvalue weighted by Gasteiger charge is 2.05. The second kappa shape index (κ2) is 9.04. The number of amides is 1. The number of hydrogen-bond donors (Lipinski definition) is 1. The van der Waals surface area contributed by atoms with Gasteiger partial charge in [0.1, 0.15) is 5.75 Å². The maximum Gasteiger partial charge on any atom is 0.277 e. The van der Waals surface area contributed by atoms with E-state index in [1.165, 1.54) is 0 Å². The number of ether oxygens (including phenoxy) is 1. The van der Waals surface area contributed by atoms with E-state index < -0.39 is 0 Å². The number of aromatic nitrogens is 1. The fourth-order valence-electron chi connectivity index (χ4n) is 2.98. The highest BCUT2D eigenvalue weighted by atomic mass is 16.5. The van der Waals surface area contributed by atoms with E-state index >= 15 is 0 Å². The van der Waals surface area contributed by atoms with E-state index in [0.717, 1.165) is 22.4 Å². The predicted octanol–water partition coefficient (Wildman–Crippen LogP) is 4.57. The predicted molar refractivity (Wildman–Crippen MR) is 113 cm³/mol. The van der Waals surface area contributed by atoms with Crippen molar-refractivity contribution in [1.29, 1.82) is 0 Å². The standard InChI is InChI=1S/C23H25N3O2/c1-17(2)26-15-19(13-18(26)3)14-24-25-23(27)16-28-22-11-9-21(10-12-22)20-7-5-4-6-8-20/h4-15,17H,16H2,1-3H3,(H,25,27)/b24-14+. The van der Waals surface area contributed by atoms with Gasteiger partial charge in [0.2, 0.25) is 0 Å². The normalized spacial score (nSPS) is 11.1. The van der Waals surface area contributed by atoms with E-state index in [4.69, 9.17) is 4.74 Å². The zero-order valence-corrected chi connectivity index (χ0v) is 16.4. The van der Waals surface area contributed by atoms with Crippen molar-refractivity contribution in [1.82, 2.24) is 9.99 Å². The van der Waals surface area contributed by atoms with Crippen LogP contribution in [0.15, 0.2) is 72.0 Å². The van der Waals surface area contributed by atoms with E-state index in [0.29, 0.717) is 11.8 Å². The average molecular weight is 375 g/mol. The highest BCUT2D eigenvalue weighted by Crippen LogP contribution is 2.22. The Balaban J connectivity index is 1.48. The summed E-state index contributed by atoms with van der Waals surface area (Å²) in [4.78, 5) is 11.9. The maximum atomic E-state index is 11.9.